The highest BCUT2D eigenvalue weighted by Gasteiger charge is 2.18. The topological polar surface area (TPSA) is 68.0 Å². The maximum Gasteiger partial charge on any atom is 0.237 e. The van der Waals surface area contributed by atoms with Crippen LogP contribution in [-0.2, 0) is 10.5 Å². The normalized spacial score (nSPS) is 12.1. The summed E-state index contributed by atoms with van der Waals surface area (Å²) in [5.74, 6) is 0.735. The predicted molar refractivity (Wildman–Crippen MR) is 114 cm³/mol. The first-order valence-corrected chi connectivity index (χ1v) is 10.4. The second kappa shape index (κ2) is 8.78. The molecule has 0 saturated carbocycles. The predicted octanol–water partition coefficient (Wildman–Crippen LogP) is 5.37. The van der Waals surface area contributed by atoms with Crippen LogP contribution in [0.5, 0.6) is 0 Å². The van der Waals surface area contributed by atoms with E-state index in [1.54, 1.807) is 19.1 Å². The zero-order valence-electron chi connectivity index (χ0n) is 17.2. The number of hydrogen-bond acceptors (Lipinski definition) is 5. The zero-order valence-corrected chi connectivity index (χ0v) is 18.0. The Morgan fingerprint density at radius 3 is 2.48 bits per heavy atom. The van der Waals surface area contributed by atoms with E-state index in [0.717, 1.165) is 16.8 Å². The summed E-state index contributed by atoms with van der Waals surface area (Å²) in [6, 6.07) is 8.92. The lowest BCUT2D eigenvalue weighted by molar-refractivity contribution is -0.115. The molecule has 29 heavy (non-hydrogen) atoms. The summed E-state index contributed by atoms with van der Waals surface area (Å²) >= 11 is 1.40. The second-order valence-corrected chi connectivity index (χ2v) is 8.52. The van der Waals surface area contributed by atoms with Crippen LogP contribution < -0.4 is 5.32 Å². The van der Waals surface area contributed by atoms with E-state index < -0.39 is 0 Å². The van der Waals surface area contributed by atoms with Crippen molar-refractivity contribution in [2.75, 3.05) is 5.32 Å². The standard InChI is InChI=1S/C22H24FN3O2S/c1-12-8-14(3)20(15(4)9-12)25-22(27)16(5)29-11-19-24-21(26-28-19)17-7-6-13(2)18(23)10-17/h6-10,16H,11H2,1-5H3,(H,25,27). The maximum atomic E-state index is 13.7. The van der Waals surface area contributed by atoms with Gasteiger partial charge >= 0.3 is 0 Å². The van der Waals surface area contributed by atoms with Gasteiger partial charge < -0.3 is 9.84 Å². The Morgan fingerprint density at radius 2 is 1.83 bits per heavy atom. The Morgan fingerprint density at radius 1 is 1.14 bits per heavy atom. The second-order valence-electron chi connectivity index (χ2n) is 7.19. The highest BCUT2D eigenvalue weighted by atomic mass is 32.2. The molecule has 0 spiro atoms. The number of rotatable bonds is 6. The van der Waals surface area contributed by atoms with Gasteiger partial charge in [-0.25, -0.2) is 4.39 Å². The largest absolute Gasteiger partial charge is 0.338 e. The van der Waals surface area contributed by atoms with Gasteiger partial charge in [-0.15, -0.1) is 11.8 Å². The average molecular weight is 414 g/mol. The molecule has 1 N–H and O–H groups in total. The number of carbonyl (C=O) groups excluding carboxylic acids is 1. The summed E-state index contributed by atoms with van der Waals surface area (Å²) in [5.41, 5.74) is 5.23. The van der Waals surface area contributed by atoms with Gasteiger partial charge in [-0.05, 0) is 57.4 Å². The summed E-state index contributed by atoms with van der Waals surface area (Å²) in [6.07, 6.45) is 0. The van der Waals surface area contributed by atoms with Crippen molar-refractivity contribution in [3.8, 4) is 11.4 Å². The average Bonchev–Trinajstić information content (AvgIpc) is 3.13. The molecule has 3 aromatic rings. The lowest BCUT2D eigenvalue weighted by Crippen LogP contribution is -2.23. The number of benzene rings is 2. The van der Waals surface area contributed by atoms with E-state index in [1.165, 1.54) is 23.4 Å². The van der Waals surface area contributed by atoms with Crippen LogP contribution in [0.15, 0.2) is 34.9 Å². The zero-order chi connectivity index (χ0) is 21.1. The molecule has 0 bridgehead atoms. The number of amides is 1. The molecule has 0 aliphatic heterocycles. The quantitative estimate of drug-likeness (QED) is 0.588. The van der Waals surface area contributed by atoms with E-state index in [2.05, 4.69) is 15.5 Å². The molecule has 1 amide bonds. The molecule has 0 fully saturated rings. The number of nitrogens with zero attached hydrogens (tertiary/aromatic N) is 2. The van der Waals surface area contributed by atoms with Crippen molar-refractivity contribution >= 4 is 23.4 Å². The van der Waals surface area contributed by atoms with Crippen molar-refractivity contribution < 1.29 is 13.7 Å². The van der Waals surface area contributed by atoms with Crippen LogP contribution in [-0.4, -0.2) is 21.3 Å². The molecule has 0 aliphatic carbocycles. The molecule has 2 aromatic carbocycles. The van der Waals surface area contributed by atoms with Crippen molar-refractivity contribution in [3.63, 3.8) is 0 Å². The lowest BCUT2D eigenvalue weighted by atomic mass is 10.1. The van der Waals surface area contributed by atoms with Crippen LogP contribution in [0.2, 0.25) is 0 Å². The first kappa shape index (κ1) is 21.0. The molecule has 152 valence electrons. The van der Waals surface area contributed by atoms with Gasteiger partial charge in [0.25, 0.3) is 0 Å². The summed E-state index contributed by atoms with van der Waals surface area (Å²) in [7, 11) is 0. The summed E-state index contributed by atoms with van der Waals surface area (Å²) < 4.78 is 19.0. The van der Waals surface area contributed by atoms with Crippen molar-refractivity contribution in [3.05, 3.63) is 64.3 Å². The monoisotopic (exact) mass is 413 g/mol. The fourth-order valence-electron chi connectivity index (χ4n) is 3.04. The molecule has 1 heterocycles. The van der Waals surface area contributed by atoms with E-state index in [1.807, 2.05) is 39.8 Å². The van der Waals surface area contributed by atoms with E-state index >= 15 is 0 Å². The van der Waals surface area contributed by atoms with Gasteiger partial charge in [0.15, 0.2) is 0 Å². The number of aryl methyl sites for hydroxylation is 4. The van der Waals surface area contributed by atoms with E-state index in [9.17, 15) is 9.18 Å². The fourth-order valence-corrected chi connectivity index (χ4v) is 3.76. The molecule has 1 aromatic heterocycles. The van der Waals surface area contributed by atoms with Crippen LogP contribution in [0.4, 0.5) is 10.1 Å². The van der Waals surface area contributed by atoms with Gasteiger partial charge in [-0.2, -0.15) is 4.98 Å². The minimum Gasteiger partial charge on any atom is -0.338 e. The van der Waals surface area contributed by atoms with Crippen LogP contribution in [0.25, 0.3) is 11.4 Å². The first-order valence-electron chi connectivity index (χ1n) is 9.34. The molecule has 0 radical (unpaired) electrons. The number of halogens is 1. The maximum absolute atomic E-state index is 13.7. The molecular weight excluding hydrogens is 389 g/mol. The number of anilines is 1. The third-order valence-corrected chi connectivity index (χ3v) is 5.78. The number of carbonyl (C=O) groups is 1. The van der Waals surface area contributed by atoms with Gasteiger partial charge in [-0.1, -0.05) is 35.0 Å². The van der Waals surface area contributed by atoms with Crippen LogP contribution in [0.3, 0.4) is 0 Å². The van der Waals surface area contributed by atoms with Gasteiger partial charge in [0, 0.05) is 11.3 Å². The smallest absolute Gasteiger partial charge is 0.237 e. The summed E-state index contributed by atoms with van der Waals surface area (Å²) in [4.78, 5) is 16.9. The SMILES string of the molecule is Cc1cc(C)c(NC(=O)C(C)SCc2nc(-c3ccc(C)c(F)c3)no2)c(C)c1. The number of aromatic nitrogens is 2. The van der Waals surface area contributed by atoms with E-state index in [4.69, 9.17) is 4.52 Å². The summed E-state index contributed by atoms with van der Waals surface area (Å²) in [6.45, 7) is 9.55. The number of nitrogens with one attached hydrogen (secondary N) is 1. The number of thioether (sulfide) groups is 1. The van der Waals surface area contributed by atoms with Gasteiger partial charge in [0.2, 0.25) is 17.6 Å². The Balaban J connectivity index is 1.61. The minimum atomic E-state index is -0.310. The molecule has 7 heteroatoms. The third-order valence-electron chi connectivity index (χ3n) is 4.65. The van der Waals surface area contributed by atoms with Gasteiger partial charge in [-0.3, -0.25) is 4.79 Å². The van der Waals surface area contributed by atoms with Crippen molar-refractivity contribution in [1.29, 1.82) is 0 Å². The lowest BCUT2D eigenvalue weighted by Gasteiger charge is -2.15. The first-order chi connectivity index (χ1) is 13.7. The molecule has 5 nitrogen and oxygen atoms in total. The molecule has 0 aliphatic rings. The number of hydrogen-bond donors (Lipinski definition) is 1. The van der Waals surface area contributed by atoms with E-state index in [0.29, 0.717) is 28.6 Å². The Labute approximate surface area is 174 Å². The van der Waals surface area contributed by atoms with Crippen molar-refractivity contribution in [2.24, 2.45) is 0 Å². The van der Waals surface area contributed by atoms with Crippen molar-refractivity contribution in [1.82, 2.24) is 10.1 Å². The van der Waals surface area contributed by atoms with Gasteiger partial charge in [0.05, 0.1) is 11.0 Å². The molecule has 3 rings (SSSR count). The minimum absolute atomic E-state index is 0.0783. The van der Waals surface area contributed by atoms with Gasteiger partial charge in [0.1, 0.15) is 5.82 Å². The molecular formula is C22H24FN3O2S. The van der Waals surface area contributed by atoms with Crippen molar-refractivity contribution in [2.45, 2.75) is 45.6 Å². The summed E-state index contributed by atoms with van der Waals surface area (Å²) in [5, 5.41) is 6.63. The van der Waals surface area contributed by atoms with Crippen LogP contribution in [0, 0.1) is 33.5 Å². The Kier molecular flexibility index (Phi) is 6.37. The third kappa shape index (κ3) is 5.03. The molecule has 1 atom stereocenters. The highest BCUT2D eigenvalue weighted by molar-refractivity contribution is 7.99. The Bertz CT molecular complexity index is 1030. The van der Waals surface area contributed by atoms with Crippen LogP contribution in [0.1, 0.15) is 35.1 Å². The highest BCUT2D eigenvalue weighted by Crippen LogP contribution is 2.25. The van der Waals surface area contributed by atoms with Crippen LogP contribution >= 0.6 is 11.8 Å². The Hall–Kier alpha value is -2.67. The fraction of sp³-hybridized carbons (Fsp3) is 0.318. The van der Waals surface area contributed by atoms with E-state index in [-0.39, 0.29) is 17.0 Å². The molecule has 1 unspecified atom stereocenters. The molecule has 0 saturated heterocycles.